The van der Waals surface area contributed by atoms with E-state index in [0.717, 1.165) is 12.2 Å². The number of rotatable bonds is 1. The number of nitrogens with zero attached hydrogens (tertiary/aromatic N) is 2. The standard InChI is InChI=1S/C10H11ClN2/c1-8-7-13(12-10(8)11)9-5-3-2-4-6-9/h2-6,8H,7H2,1H3/t8-/m0/s1. The number of halogens is 1. The fraction of sp³-hybridized carbons (Fsp3) is 0.300. The number of hydrogen-bond acceptors (Lipinski definition) is 2. The first-order valence-electron chi connectivity index (χ1n) is 4.34. The summed E-state index contributed by atoms with van der Waals surface area (Å²) in [6.45, 7) is 2.96. The van der Waals surface area contributed by atoms with Gasteiger partial charge in [-0.15, -0.1) is 0 Å². The van der Waals surface area contributed by atoms with Crippen LogP contribution in [0.5, 0.6) is 0 Å². The van der Waals surface area contributed by atoms with E-state index in [4.69, 9.17) is 11.6 Å². The molecule has 1 aliphatic rings. The van der Waals surface area contributed by atoms with Gasteiger partial charge in [-0.1, -0.05) is 36.7 Å². The predicted octanol–water partition coefficient (Wildman–Crippen LogP) is 2.70. The molecule has 0 spiro atoms. The van der Waals surface area contributed by atoms with Gasteiger partial charge in [-0.2, -0.15) is 5.10 Å². The van der Waals surface area contributed by atoms with Gasteiger partial charge in [0.05, 0.1) is 12.2 Å². The van der Waals surface area contributed by atoms with Crippen LogP contribution in [0.25, 0.3) is 0 Å². The van der Waals surface area contributed by atoms with E-state index in [9.17, 15) is 0 Å². The molecule has 0 aliphatic carbocycles. The van der Waals surface area contributed by atoms with Crippen molar-refractivity contribution in [3.63, 3.8) is 0 Å². The first-order chi connectivity index (χ1) is 6.27. The molecule has 0 radical (unpaired) electrons. The van der Waals surface area contributed by atoms with Gasteiger partial charge in [0.1, 0.15) is 5.17 Å². The highest BCUT2D eigenvalue weighted by Gasteiger charge is 2.21. The lowest BCUT2D eigenvalue weighted by molar-refractivity contribution is 0.779. The van der Waals surface area contributed by atoms with Gasteiger partial charge in [-0.3, -0.25) is 5.01 Å². The molecule has 0 fully saturated rings. The van der Waals surface area contributed by atoms with Crippen molar-refractivity contribution in [3.8, 4) is 0 Å². The molecule has 0 N–H and O–H groups in total. The van der Waals surface area contributed by atoms with Crippen LogP contribution in [0, 0.1) is 5.92 Å². The van der Waals surface area contributed by atoms with Crippen molar-refractivity contribution in [1.29, 1.82) is 0 Å². The summed E-state index contributed by atoms with van der Waals surface area (Å²) >= 11 is 5.92. The molecule has 1 aliphatic heterocycles. The fourth-order valence-corrected chi connectivity index (χ4v) is 1.51. The Kier molecular flexibility index (Phi) is 2.23. The van der Waals surface area contributed by atoms with Crippen LogP contribution in [0.4, 0.5) is 5.69 Å². The quantitative estimate of drug-likeness (QED) is 0.671. The second kappa shape index (κ2) is 3.38. The first kappa shape index (κ1) is 8.57. The second-order valence-electron chi connectivity index (χ2n) is 3.24. The van der Waals surface area contributed by atoms with Gasteiger partial charge in [-0.25, -0.2) is 0 Å². The number of hydrogen-bond donors (Lipinski definition) is 0. The van der Waals surface area contributed by atoms with Crippen LogP contribution in [0.15, 0.2) is 35.4 Å². The van der Waals surface area contributed by atoms with Crippen LogP contribution in [0.2, 0.25) is 0 Å². The molecule has 1 atom stereocenters. The molecular formula is C10H11ClN2. The monoisotopic (exact) mass is 194 g/mol. The van der Waals surface area contributed by atoms with E-state index in [-0.39, 0.29) is 0 Å². The zero-order chi connectivity index (χ0) is 9.26. The Morgan fingerprint density at radius 2 is 2.08 bits per heavy atom. The van der Waals surface area contributed by atoms with E-state index in [1.165, 1.54) is 0 Å². The summed E-state index contributed by atoms with van der Waals surface area (Å²) in [5.41, 5.74) is 1.10. The molecule has 0 saturated heterocycles. The second-order valence-corrected chi connectivity index (χ2v) is 3.63. The average molecular weight is 195 g/mol. The van der Waals surface area contributed by atoms with E-state index in [1.54, 1.807) is 0 Å². The zero-order valence-electron chi connectivity index (χ0n) is 7.44. The van der Waals surface area contributed by atoms with Crippen LogP contribution >= 0.6 is 11.6 Å². The smallest absolute Gasteiger partial charge is 0.131 e. The van der Waals surface area contributed by atoms with Crippen molar-refractivity contribution in [3.05, 3.63) is 30.3 Å². The van der Waals surface area contributed by atoms with Gasteiger partial charge in [0.15, 0.2) is 0 Å². The molecule has 13 heavy (non-hydrogen) atoms. The summed E-state index contributed by atoms with van der Waals surface area (Å²) in [5.74, 6) is 0.349. The van der Waals surface area contributed by atoms with Crippen molar-refractivity contribution in [2.75, 3.05) is 11.6 Å². The number of anilines is 1. The normalized spacial score (nSPS) is 21.8. The van der Waals surface area contributed by atoms with Crippen LogP contribution in [0.3, 0.4) is 0 Å². The van der Waals surface area contributed by atoms with E-state index in [0.29, 0.717) is 11.1 Å². The van der Waals surface area contributed by atoms with E-state index in [1.807, 2.05) is 35.3 Å². The Morgan fingerprint density at radius 1 is 1.38 bits per heavy atom. The van der Waals surface area contributed by atoms with Crippen LogP contribution < -0.4 is 5.01 Å². The average Bonchev–Trinajstić information content (AvgIpc) is 2.49. The highest BCUT2D eigenvalue weighted by molar-refractivity contribution is 6.66. The highest BCUT2D eigenvalue weighted by Crippen LogP contribution is 2.22. The SMILES string of the molecule is C[C@H]1CN(c2ccccc2)N=C1Cl. The molecule has 68 valence electrons. The Bertz CT molecular complexity index is 321. The molecule has 0 amide bonds. The zero-order valence-corrected chi connectivity index (χ0v) is 8.20. The summed E-state index contributed by atoms with van der Waals surface area (Å²) in [4.78, 5) is 0. The van der Waals surface area contributed by atoms with Gasteiger partial charge < -0.3 is 0 Å². The van der Waals surface area contributed by atoms with Crippen molar-refractivity contribution >= 4 is 22.5 Å². The third kappa shape index (κ3) is 1.68. The minimum atomic E-state index is 0.349. The van der Waals surface area contributed by atoms with Crippen LogP contribution in [-0.4, -0.2) is 11.7 Å². The molecule has 2 nitrogen and oxygen atoms in total. The summed E-state index contributed by atoms with van der Waals surface area (Å²) in [5, 5.41) is 6.89. The Hall–Kier alpha value is -1.02. The fourth-order valence-electron chi connectivity index (χ4n) is 1.35. The van der Waals surface area contributed by atoms with Gasteiger partial charge >= 0.3 is 0 Å². The lowest BCUT2D eigenvalue weighted by Gasteiger charge is -2.13. The largest absolute Gasteiger partial charge is 0.264 e. The van der Waals surface area contributed by atoms with E-state index >= 15 is 0 Å². The van der Waals surface area contributed by atoms with Crippen LogP contribution in [0.1, 0.15) is 6.92 Å². The summed E-state index contributed by atoms with van der Waals surface area (Å²) in [7, 11) is 0. The van der Waals surface area contributed by atoms with Gasteiger partial charge in [-0.05, 0) is 12.1 Å². The topological polar surface area (TPSA) is 15.6 Å². The summed E-state index contributed by atoms with van der Waals surface area (Å²) in [6, 6.07) is 10.1. The highest BCUT2D eigenvalue weighted by atomic mass is 35.5. The molecule has 1 aromatic carbocycles. The molecule has 1 heterocycles. The summed E-state index contributed by atoms with van der Waals surface area (Å²) in [6.07, 6.45) is 0. The van der Waals surface area contributed by atoms with E-state index in [2.05, 4.69) is 12.0 Å². The third-order valence-corrected chi connectivity index (χ3v) is 2.57. The van der Waals surface area contributed by atoms with Gasteiger partial charge in [0.25, 0.3) is 0 Å². The molecular weight excluding hydrogens is 184 g/mol. The molecule has 0 bridgehead atoms. The summed E-state index contributed by atoms with van der Waals surface area (Å²) < 4.78 is 0. The number of para-hydroxylation sites is 1. The molecule has 0 aromatic heterocycles. The van der Waals surface area contributed by atoms with Gasteiger partial charge in [0.2, 0.25) is 0 Å². The molecule has 0 saturated carbocycles. The third-order valence-electron chi connectivity index (χ3n) is 2.12. The van der Waals surface area contributed by atoms with Crippen LogP contribution in [-0.2, 0) is 0 Å². The van der Waals surface area contributed by atoms with Crippen molar-refractivity contribution in [1.82, 2.24) is 0 Å². The van der Waals surface area contributed by atoms with Crippen molar-refractivity contribution < 1.29 is 0 Å². The molecule has 0 unspecified atom stereocenters. The maximum Gasteiger partial charge on any atom is 0.131 e. The minimum Gasteiger partial charge on any atom is -0.264 e. The maximum atomic E-state index is 5.92. The Morgan fingerprint density at radius 3 is 2.62 bits per heavy atom. The maximum absolute atomic E-state index is 5.92. The number of benzene rings is 1. The molecule has 3 heteroatoms. The number of hydrazone groups is 1. The predicted molar refractivity (Wildman–Crippen MR) is 56.2 cm³/mol. The molecule has 1 aromatic rings. The van der Waals surface area contributed by atoms with E-state index < -0.39 is 0 Å². The first-order valence-corrected chi connectivity index (χ1v) is 4.72. The van der Waals surface area contributed by atoms with Gasteiger partial charge in [0, 0.05) is 5.92 Å². The lowest BCUT2D eigenvalue weighted by atomic mass is 10.2. The van der Waals surface area contributed by atoms with Crippen molar-refractivity contribution in [2.24, 2.45) is 11.0 Å². The molecule has 2 rings (SSSR count). The lowest BCUT2D eigenvalue weighted by Crippen LogP contribution is -2.15. The van der Waals surface area contributed by atoms with Crippen molar-refractivity contribution in [2.45, 2.75) is 6.92 Å². The Labute approximate surface area is 82.8 Å². The minimum absolute atomic E-state index is 0.349. The Balaban J connectivity index is 2.22.